The zero-order chi connectivity index (χ0) is 16.9. The Hall–Kier alpha value is -2.12. The summed E-state index contributed by atoms with van der Waals surface area (Å²) < 4.78 is 37.1. The van der Waals surface area contributed by atoms with Crippen LogP contribution in [-0.2, 0) is 16.9 Å². The molecule has 1 amide bonds. The molecule has 0 aliphatic heterocycles. The summed E-state index contributed by atoms with van der Waals surface area (Å²) in [6, 6.07) is 12.4. The Labute approximate surface area is 138 Å². The molecule has 0 heterocycles. The van der Waals surface area contributed by atoms with Crippen LogP contribution in [0, 0.1) is 0 Å². The van der Waals surface area contributed by atoms with Crippen LogP contribution in [0.3, 0.4) is 0 Å². The molecule has 0 bridgehead atoms. The summed E-state index contributed by atoms with van der Waals surface area (Å²) in [5, 5.41) is 3.31. The lowest BCUT2D eigenvalue weighted by atomic mass is 10.1. The van der Waals surface area contributed by atoms with Crippen LogP contribution < -0.4 is 9.50 Å². The van der Waals surface area contributed by atoms with Gasteiger partial charge in [-0.2, -0.15) is 8.42 Å². The number of halogens is 2. The SMILES string of the molecule is O=C(NCCc1ccc(OS(=O)(=O)F)cc1)c1ccc(Cl)cc1. The summed E-state index contributed by atoms with van der Waals surface area (Å²) in [6.45, 7) is 0.392. The summed E-state index contributed by atoms with van der Waals surface area (Å²) >= 11 is 5.75. The third kappa shape index (κ3) is 5.88. The molecular formula is C15H13ClFNO4S. The van der Waals surface area contributed by atoms with Gasteiger partial charge in [-0.1, -0.05) is 27.6 Å². The highest BCUT2D eigenvalue weighted by atomic mass is 35.5. The Kier molecular flexibility index (Phi) is 5.57. The number of benzene rings is 2. The number of nitrogens with one attached hydrogen (secondary N) is 1. The van der Waals surface area contributed by atoms with E-state index in [4.69, 9.17) is 11.6 Å². The molecule has 0 unspecified atom stereocenters. The zero-order valence-electron chi connectivity index (χ0n) is 11.8. The standard InChI is InChI=1S/C15H13ClFNO4S/c16-13-5-3-12(4-6-13)15(19)18-10-9-11-1-7-14(8-2-11)22-23(17,20)21/h1-8H,9-10H2,(H,18,19). The largest absolute Gasteiger partial charge is 0.488 e. The Balaban J connectivity index is 1.84. The van der Waals surface area contributed by atoms with Gasteiger partial charge in [0.1, 0.15) is 5.75 Å². The van der Waals surface area contributed by atoms with Crippen LogP contribution in [0.5, 0.6) is 5.75 Å². The summed E-state index contributed by atoms with van der Waals surface area (Å²) in [4.78, 5) is 11.9. The molecule has 0 saturated carbocycles. The van der Waals surface area contributed by atoms with E-state index in [1.807, 2.05) is 0 Å². The van der Waals surface area contributed by atoms with Crippen molar-refractivity contribution in [2.24, 2.45) is 0 Å². The second-order valence-corrected chi connectivity index (χ2v) is 6.02. The molecule has 0 aliphatic carbocycles. The van der Waals surface area contributed by atoms with Gasteiger partial charge in [-0.15, -0.1) is 0 Å². The summed E-state index contributed by atoms with van der Waals surface area (Å²) in [6.07, 6.45) is 0.530. The van der Waals surface area contributed by atoms with Crippen LogP contribution in [0.15, 0.2) is 48.5 Å². The van der Waals surface area contributed by atoms with Crippen molar-refractivity contribution in [2.75, 3.05) is 6.54 Å². The number of rotatable bonds is 6. The smallest absolute Gasteiger partial charge is 0.358 e. The molecule has 8 heteroatoms. The molecule has 2 rings (SSSR count). The second kappa shape index (κ2) is 7.43. The number of hydrogen-bond acceptors (Lipinski definition) is 4. The molecule has 122 valence electrons. The Morgan fingerprint density at radius 2 is 1.70 bits per heavy atom. The molecule has 0 radical (unpaired) electrons. The fourth-order valence-corrected chi connectivity index (χ4v) is 2.32. The molecule has 2 aromatic rings. The molecule has 0 aromatic heterocycles. The van der Waals surface area contributed by atoms with Crippen molar-refractivity contribution in [1.29, 1.82) is 0 Å². The van der Waals surface area contributed by atoms with Gasteiger partial charge >= 0.3 is 10.5 Å². The first-order valence-electron chi connectivity index (χ1n) is 6.60. The van der Waals surface area contributed by atoms with Crippen LogP contribution in [0.1, 0.15) is 15.9 Å². The topological polar surface area (TPSA) is 72.5 Å². The average molecular weight is 358 g/mol. The van der Waals surface area contributed by atoms with Gasteiger partial charge in [0.2, 0.25) is 0 Å². The number of carbonyl (C=O) groups is 1. The number of amides is 1. The Morgan fingerprint density at radius 1 is 1.09 bits per heavy atom. The fraction of sp³-hybridized carbons (Fsp3) is 0.133. The molecule has 0 atom stereocenters. The lowest BCUT2D eigenvalue weighted by molar-refractivity contribution is 0.0954. The van der Waals surface area contributed by atoms with Crippen LogP contribution in [-0.4, -0.2) is 20.9 Å². The minimum Gasteiger partial charge on any atom is -0.358 e. The van der Waals surface area contributed by atoms with Crippen LogP contribution in [0.4, 0.5) is 3.89 Å². The first-order valence-corrected chi connectivity index (χ1v) is 8.29. The first-order chi connectivity index (χ1) is 10.8. The Bertz CT molecular complexity index is 776. The van der Waals surface area contributed by atoms with Crippen molar-refractivity contribution in [1.82, 2.24) is 5.32 Å². The van der Waals surface area contributed by atoms with E-state index in [-0.39, 0.29) is 11.7 Å². The normalized spacial score (nSPS) is 11.0. The van der Waals surface area contributed by atoms with Gasteiger partial charge in [0.05, 0.1) is 0 Å². The predicted octanol–water partition coefficient (Wildman–Crippen LogP) is 2.91. The lowest BCUT2D eigenvalue weighted by Gasteiger charge is -2.06. The molecule has 2 aromatic carbocycles. The zero-order valence-corrected chi connectivity index (χ0v) is 13.4. The monoisotopic (exact) mass is 357 g/mol. The first kappa shape index (κ1) is 17.2. The molecule has 23 heavy (non-hydrogen) atoms. The van der Waals surface area contributed by atoms with Crippen molar-refractivity contribution >= 4 is 28.0 Å². The summed E-state index contributed by atoms with van der Waals surface area (Å²) in [5.41, 5.74) is 1.34. The molecule has 1 N–H and O–H groups in total. The van der Waals surface area contributed by atoms with E-state index in [9.17, 15) is 17.1 Å². The minimum absolute atomic E-state index is 0.110. The number of carbonyl (C=O) groups excluding carboxylic acids is 1. The van der Waals surface area contributed by atoms with Gasteiger partial charge in [0, 0.05) is 17.1 Å². The molecular weight excluding hydrogens is 345 g/mol. The van der Waals surface area contributed by atoms with E-state index in [0.29, 0.717) is 23.6 Å². The highest BCUT2D eigenvalue weighted by molar-refractivity contribution is 7.81. The van der Waals surface area contributed by atoms with Crippen molar-refractivity contribution < 1.29 is 21.3 Å². The van der Waals surface area contributed by atoms with Crippen LogP contribution >= 0.6 is 11.6 Å². The highest BCUT2D eigenvalue weighted by Gasteiger charge is 2.09. The maximum absolute atomic E-state index is 12.3. The van der Waals surface area contributed by atoms with E-state index in [1.54, 1.807) is 36.4 Å². The van der Waals surface area contributed by atoms with E-state index >= 15 is 0 Å². The third-order valence-corrected chi connectivity index (χ3v) is 3.57. The number of hydrogen-bond donors (Lipinski definition) is 1. The van der Waals surface area contributed by atoms with Crippen LogP contribution in [0.25, 0.3) is 0 Å². The van der Waals surface area contributed by atoms with Crippen LogP contribution in [0.2, 0.25) is 5.02 Å². The van der Waals surface area contributed by atoms with Crippen molar-refractivity contribution in [3.63, 3.8) is 0 Å². The van der Waals surface area contributed by atoms with Gasteiger partial charge in [-0.3, -0.25) is 4.79 Å². The third-order valence-electron chi connectivity index (χ3n) is 2.92. The van der Waals surface area contributed by atoms with Gasteiger partial charge in [0.25, 0.3) is 5.91 Å². The average Bonchev–Trinajstić information content (AvgIpc) is 2.48. The lowest BCUT2D eigenvalue weighted by Crippen LogP contribution is -2.25. The van der Waals surface area contributed by atoms with Gasteiger partial charge < -0.3 is 9.50 Å². The van der Waals surface area contributed by atoms with Gasteiger partial charge in [-0.05, 0) is 48.4 Å². The van der Waals surface area contributed by atoms with E-state index in [1.165, 1.54) is 12.1 Å². The second-order valence-electron chi connectivity index (χ2n) is 4.63. The van der Waals surface area contributed by atoms with E-state index < -0.39 is 10.5 Å². The molecule has 5 nitrogen and oxygen atoms in total. The minimum atomic E-state index is -5.02. The molecule has 0 spiro atoms. The molecule has 0 saturated heterocycles. The van der Waals surface area contributed by atoms with Gasteiger partial charge in [0.15, 0.2) is 0 Å². The Morgan fingerprint density at radius 3 is 2.26 bits per heavy atom. The van der Waals surface area contributed by atoms with Gasteiger partial charge in [-0.25, -0.2) is 0 Å². The van der Waals surface area contributed by atoms with Crippen molar-refractivity contribution in [2.45, 2.75) is 6.42 Å². The maximum Gasteiger partial charge on any atom is 0.488 e. The maximum atomic E-state index is 12.3. The quantitative estimate of drug-likeness (QED) is 0.807. The predicted molar refractivity (Wildman–Crippen MR) is 84.6 cm³/mol. The van der Waals surface area contributed by atoms with E-state index in [2.05, 4.69) is 9.50 Å². The summed E-state index contributed by atoms with van der Waals surface area (Å²) in [5.74, 6) is -0.327. The molecule has 0 fully saturated rings. The van der Waals surface area contributed by atoms with Crippen molar-refractivity contribution in [3.8, 4) is 5.75 Å². The molecule has 0 aliphatic rings. The fourth-order valence-electron chi connectivity index (χ4n) is 1.85. The highest BCUT2D eigenvalue weighted by Crippen LogP contribution is 2.15. The van der Waals surface area contributed by atoms with Crippen molar-refractivity contribution in [3.05, 3.63) is 64.7 Å². The summed E-state index contributed by atoms with van der Waals surface area (Å²) in [7, 11) is -5.02. The van der Waals surface area contributed by atoms with E-state index in [0.717, 1.165) is 5.56 Å².